The largest absolute Gasteiger partial charge is 0.483 e. The monoisotopic (exact) mass is 401 g/mol. The molecule has 0 radical (unpaired) electrons. The van der Waals surface area contributed by atoms with Crippen LogP contribution < -0.4 is 4.74 Å². The minimum absolute atomic E-state index is 0.0703. The highest BCUT2D eigenvalue weighted by Crippen LogP contribution is 2.25. The fraction of sp³-hybridized carbons (Fsp3) is 0.462. The van der Waals surface area contributed by atoms with Gasteiger partial charge in [0.05, 0.1) is 3.57 Å². The molecule has 3 nitrogen and oxygen atoms in total. The average Bonchev–Trinajstić information content (AvgIpc) is 2.38. The third-order valence-corrected chi connectivity index (χ3v) is 3.51. The van der Waals surface area contributed by atoms with Gasteiger partial charge in [-0.2, -0.15) is 13.2 Å². The van der Waals surface area contributed by atoms with Gasteiger partial charge < -0.3 is 9.64 Å². The highest BCUT2D eigenvalue weighted by molar-refractivity contribution is 14.1. The molecular formula is C13H15F3INO2. The van der Waals surface area contributed by atoms with Gasteiger partial charge in [0.2, 0.25) is 0 Å². The van der Waals surface area contributed by atoms with E-state index in [1.54, 1.807) is 17.0 Å². The van der Waals surface area contributed by atoms with Gasteiger partial charge >= 0.3 is 6.18 Å². The lowest BCUT2D eigenvalue weighted by Crippen LogP contribution is -2.30. The van der Waals surface area contributed by atoms with Crippen LogP contribution >= 0.6 is 22.6 Å². The van der Waals surface area contributed by atoms with Gasteiger partial charge in [0.25, 0.3) is 5.91 Å². The normalized spacial score (nSPS) is 11.3. The van der Waals surface area contributed by atoms with Crippen molar-refractivity contribution in [2.24, 2.45) is 0 Å². The minimum Gasteiger partial charge on any atom is -0.483 e. The van der Waals surface area contributed by atoms with Gasteiger partial charge in [-0.3, -0.25) is 4.79 Å². The number of alkyl halides is 3. The standard InChI is InChI=1S/C13H15F3INO2/c1-3-18(4-2)12(19)9-5-6-10(17)11(7-9)20-8-13(14,15)16/h5-7H,3-4,8H2,1-2H3. The topological polar surface area (TPSA) is 29.5 Å². The number of hydrogen-bond acceptors (Lipinski definition) is 2. The first-order valence-electron chi connectivity index (χ1n) is 6.06. The van der Waals surface area contributed by atoms with Gasteiger partial charge in [-0.1, -0.05) is 0 Å². The second-order valence-electron chi connectivity index (χ2n) is 4.03. The third kappa shape index (κ3) is 4.84. The first-order chi connectivity index (χ1) is 9.28. The molecular weight excluding hydrogens is 386 g/mol. The van der Waals surface area contributed by atoms with Gasteiger partial charge in [0.1, 0.15) is 5.75 Å². The zero-order valence-corrected chi connectivity index (χ0v) is 13.3. The molecule has 1 amide bonds. The molecule has 0 fully saturated rings. The zero-order valence-electron chi connectivity index (χ0n) is 11.1. The molecule has 112 valence electrons. The van der Waals surface area contributed by atoms with Crippen LogP contribution in [-0.4, -0.2) is 36.7 Å². The molecule has 0 saturated carbocycles. The molecule has 20 heavy (non-hydrogen) atoms. The molecule has 1 aromatic carbocycles. The lowest BCUT2D eigenvalue weighted by Gasteiger charge is -2.19. The summed E-state index contributed by atoms with van der Waals surface area (Å²) in [7, 11) is 0. The van der Waals surface area contributed by atoms with Crippen LogP contribution in [-0.2, 0) is 0 Å². The summed E-state index contributed by atoms with van der Waals surface area (Å²) >= 11 is 1.87. The Bertz CT molecular complexity index is 473. The van der Waals surface area contributed by atoms with Crippen LogP contribution in [0, 0.1) is 3.57 Å². The van der Waals surface area contributed by atoms with Crippen LogP contribution in [0.4, 0.5) is 13.2 Å². The molecule has 0 spiro atoms. The van der Waals surface area contributed by atoms with Crippen LogP contribution in [0.25, 0.3) is 0 Å². The summed E-state index contributed by atoms with van der Waals surface area (Å²) in [5.74, 6) is -0.149. The van der Waals surface area contributed by atoms with E-state index >= 15 is 0 Å². The van der Waals surface area contributed by atoms with E-state index in [2.05, 4.69) is 0 Å². The molecule has 0 aliphatic rings. The van der Waals surface area contributed by atoms with Crippen LogP contribution in [0.1, 0.15) is 24.2 Å². The van der Waals surface area contributed by atoms with E-state index in [4.69, 9.17) is 4.74 Å². The quantitative estimate of drug-likeness (QED) is 0.705. The Kier molecular flexibility index (Phi) is 6.09. The van der Waals surface area contributed by atoms with Crippen molar-refractivity contribution in [3.8, 4) is 5.75 Å². The van der Waals surface area contributed by atoms with E-state index in [0.29, 0.717) is 22.2 Å². The highest BCUT2D eigenvalue weighted by Gasteiger charge is 2.29. The van der Waals surface area contributed by atoms with Gasteiger partial charge in [-0.05, 0) is 54.6 Å². The number of amides is 1. The number of ether oxygens (including phenoxy) is 1. The molecule has 1 aromatic rings. The second kappa shape index (κ2) is 7.14. The number of benzene rings is 1. The van der Waals surface area contributed by atoms with E-state index in [-0.39, 0.29) is 11.7 Å². The Morgan fingerprint density at radius 2 is 1.90 bits per heavy atom. The Labute approximate surface area is 129 Å². The Morgan fingerprint density at radius 1 is 1.30 bits per heavy atom. The van der Waals surface area contributed by atoms with E-state index in [1.165, 1.54) is 6.07 Å². The van der Waals surface area contributed by atoms with E-state index in [9.17, 15) is 18.0 Å². The predicted molar refractivity (Wildman–Crippen MR) is 78.0 cm³/mol. The number of nitrogens with zero attached hydrogens (tertiary/aromatic N) is 1. The minimum atomic E-state index is -4.40. The molecule has 0 aromatic heterocycles. The first kappa shape index (κ1) is 17.1. The maximum Gasteiger partial charge on any atom is 0.422 e. The Balaban J connectivity index is 2.93. The van der Waals surface area contributed by atoms with Crippen molar-refractivity contribution in [1.29, 1.82) is 0 Å². The lowest BCUT2D eigenvalue weighted by molar-refractivity contribution is -0.153. The van der Waals surface area contributed by atoms with Crippen molar-refractivity contribution in [2.75, 3.05) is 19.7 Å². The molecule has 0 aliphatic carbocycles. The summed E-state index contributed by atoms with van der Waals surface area (Å²) < 4.78 is 41.8. The molecule has 0 bridgehead atoms. The maximum absolute atomic E-state index is 12.2. The zero-order chi connectivity index (χ0) is 15.3. The van der Waals surface area contributed by atoms with Crippen LogP contribution in [0.15, 0.2) is 18.2 Å². The van der Waals surface area contributed by atoms with Crippen LogP contribution in [0.2, 0.25) is 0 Å². The molecule has 1 rings (SSSR count). The number of carbonyl (C=O) groups is 1. The smallest absolute Gasteiger partial charge is 0.422 e. The van der Waals surface area contributed by atoms with E-state index < -0.39 is 12.8 Å². The Morgan fingerprint density at radius 3 is 2.40 bits per heavy atom. The van der Waals surface area contributed by atoms with E-state index in [0.717, 1.165) is 0 Å². The SMILES string of the molecule is CCN(CC)C(=O)c1ccc(I)c(OCC(F)(F)F)c1. The molecule has 7 heteroatoms. The summed E-state index contributed by atoms with van der Waals surface area (Å²) in [4.78, 5) is 13.7. The van der Waals surface area contributed by atoms with Gasteiger partial charge in [0.15, 0.2) is 6.61 Å². The molecule has 0 aliphatic heterocycles. The van der Waals surface area contributed by atoms with Gasteiger partial charge in [-0.25, -0.2) is 0 Å². The van der Waals surface area contributed by atoms with Gasteiger partial charge in [0, 0.05) is 18.7 Å². The van der Waals surface area contributed by atoms with E-state index in [1.807, 2.05) is 36.4 Å². The summed E-state index contributed by atoms with van der Waals surface area (Å²) in [6, 6.07) is 4.51. The first-order valence-corrected chi connectivity index (χ1v) is 7.14. The molecule has 0 unspecified atom stereocenters. The summed E-state index contributed by atoms with van der Waals surface area (Å²) in [6.45, 7) is 3.40. The molecule has 0 heterocycles. The van der Waals surface area contributed by atoms with Crippen molar-refractivity contribution in [3.05, 3.63) is 27.3 Å². The number of hydrogen-bond donors (Lipinski definition) is 0. The number of rotatable bonds is 5. The second-order valence-corrected chi connectivity index (χ2v) is 5.19. The van der Waals surface area contributed by atoms with Crippen LogP contribution in [0.5, 0.6) is 5.75 Å². The number of carbonyl (C=O) groups excluding carboxylic acids is 1. The molecule has 0 saturated heterocycles. The van der Waals surface area contributed by atoms with Crippen molar-refractivity contribution in [2.45, 2.75) is 20.0 Å². The maximum atomic E-state index is 12.2. The lowest BCUT2D eigenvalue weighted by atomic mass is 10.2. The highest BCUT2D eigenvalue weighted by atomic mass is 127. The average molecular weight is 401 g/mol. The molecule has 0 N–H and O–H groups in total. The Hall–Kier alpha value is -0.990. The number of halogens is 4. The summed E-state index contributed by atoms with van der Waals surface area (Å²) in [6.07, 6.45) is -4.40. The van der Waals surface area contributed by atoms with Crippen molar-refractivity contribution < 1.29 is 22.7 Å². The van der Waals surface area contributed by atoms with Crippen LogP contribution in [0.3, 0.4) is 0 Å². The van der Waals surface area contributed by atoms with Crippen molar-refractivity contribution in [3.63, 3.8) is 0 Å². The fourth-order valence-corrected chi connectivity index (χ4v) is 2.09. The summed E-state index contributed by atoms with van der Waals surface area (Å²) in [5, 5.41) is 0. The predicted octanol–water partition coefficient (Wildman–Crippen LogP) is 3.71. The molecule has 0 atom stereocenters. The van der Waals surface area contributed by atoms with Crippen molar-refractivity contribution >= 4 is 28.5 Å². The summed E-state index contributed by atoms with van der Waals surface area (Å²) in [5.41, 5.74) is 0.325. The van der Waals surface area contributed by atoms with Gasteiger partial charge in [-0.15, -0.1) is 0 Å². The van der Waals surface area contributed by atoms with Crippen molar-refractivity contribution in [1.82, 2.24) is 4.90 Å². The fourth-order valence-electron chi connectivity index (χ4n) is 1.60. The third-order valence-electron chi connectivity index (χ3n) is 2.62.